The van der Waals surface area contributed by atoms with E-state index in [4.69, 9.17) is 4.84 Å². The number of para-hydroxylation sites is 1. The highest BCUT2D eigenvalue weighted by Crippen LogP contribution is 2.52. The Labute approximate surface area is 240 Å². The van der Waals surface area contributed by atoms with Gasteiger partial charge >= 0.3 is 6.09 Å². The first-order valence-corrected chi connectivity index (χ1v) is 13.9. The Morgan fingerprint density at radius 3 is 2.50 bits per heavy atom. The lowest BCUT2D eigenvalue weighted by atomic mass is 9.62. The first kappa shape index (κ1) is 29.8. The zero-order valence-corrected chi connectivity index (χ0v) is 24.4. The third-order valence-electron chi connectivity index (χ3n) is 7.67. The SMILES string of the molecule is CC(=O)NCCc1ccccc1N1OC=C(Br)C1[C@H]1C(C(C)(C)C)N(C(=O)O)CC[C@]1(O)c1ccc(F)c(F)c1. The average molecular weight is 623 g/mol. The van der Waals surface area contributed by atoms with Crippen molar-refractivity contribution in [1.82, 2.24) is 10.2 Å². The number of aliphatic hydroxyl groups is 1. The van der Waals surface area contributed by atoms with Gasteiger partial charge in [0.05, 0.1) is 15.8 Å². The molecule has 1 saturated heterocycles. The van der Waals surface area contributed by atoms with E-state index in [9.17, 15) is 28.6 Å². The van der Waals surface area contributed by atoms with E-state index in [1.165, 1.54) is 24.2 Å². The van der Waals surface area contributed by atoms with Gasteiger partial charge in [-0.25, -0.2) is 18.6 Å². The highest BCUT2D eigenvalue weighted by molar-refractivity contribution is 9.11. The van der Waals surface area contributed by atoms with E-state index < -0.39 is 46.7 Å². The molecule has 3 N–H and O–H groups in total. The summed E-state index contributed by atoms with van der Waals surface area (Å²) in [6.07, 6.45) is 0.789. The van der Waals surface area contributed by atoms with Crippen LogP contribution in [-0.2, 0) is 21.7 Å². The molecule has 2 aliphatic rings. The summed E-state index contributed by atoms with van der Waals surface area (Å²) in [7, 11) is 0. The van der Waals surface area contributed by atoms with Crippen molar-refractivity contribution in [2.45, 2.75) is 58.2 Å². The van der Waals surface area contributed by atoms with Gasteiger partial charge in [0, 0.05) is 32.0 Å². The molecule has 2 unspecified atom stereocenters. The van der Waals surface area contributed by atoms with E-state index in [1.54, 1.807) is 5.06 Å². The van der Waals surface area contributed by atoms with Crippen molar-refractivity contribution in [2.75, 3.05) is 18.2 Å². The zero-order valence-electron chi connectivity index (χ0n) is 22.8. The molecule has 2 aromatic carbocycles. The molecule has 216 valence electrons. The second-order valence-electron chi connectivity index (χ2n) is 11.4. The average Bonchev–Trinajstić information content (AvgIpc) is 3.25. The number of nitrogens with zero attached hydrogens (tertiary/aromatic N) is 2. The molecule has 4 rings (SSSR count). The first-order chi connectivity index (χ1) is 18.8. The Kier molecular flexibility index (Phi) is 8.46. The van der Waals surface area contributed by atoms with Crippen molar-refractivity contribution in [3.63, 3.8) is 0 Å². The Hall–Kier alpha value is -3.18. The number of anilines is 1. The van der Waals surface area contributed by atoms with Crippen LogP contribution in [0.25, 0.3) is 0 Å². The van der Waals surface area contributed by atoms with Crippen LogP contribution in [0.1, 0.15) is 45.2 Å². The van der Waals surface area contributed by atoms with E-state index >= 15 is 0 Å². The van der Waals surface area contributed by atoms with E-state index in [-0.39, 0.29) is 24.4 Å². The van der Waals surface area contributed by atoms with Crippen LogP contribution in [0.4, 0.5) is 19.3 Å². The molecule has 8 nitrogen and oxygen atoms in total. The molecule has 0 bridgehead atoms. The van der Waals surface area contributed by atoms with Crippen molar-refractivity contribution < 1.29 is 33.4 Å². The van der Waals surface area contributed by atoms with Crippen molar-refractivity contribution in [3.8, 4) is 0 Å². The molecule has 0 aliphatic carbocycles. The van der Waals surface area contributed by atoms with Gasteiger partial charge in [-0.2, -0.15) is 0 Å². The quantitative estimate of drug-likeness (QED) is 0.404. The maximum absolute atomic E-state index is 14.5. The van der Waals surface area contributed by atoms with Crippen molar-refractivity contribution >= 4 is 33.6 Å². The number of rotatable bonds is 6. The molecular formula is C29H34BrF2N3O5. The fourth-order valence-electron chi connectivity index (χ4n) is 6.00. The molecule has 2 aromatic rings. The Bertz CT molecular complexity index is 1320. The maximum atomic E-state index is 14.5. The maximum Gasteiger partial charge on any atom is 0.407 e. The summed E-state index contributed by atoms with van der Waals surface area (Å²) in [5.41, 5.74) is -0.764. The van der Waals surface area contributed by atoms with Gasteiger partial charge in [0.1, 0.15) is 12.3 Å². The smallest absolute Gasteiger partial charge is 0.407 e. The Balaban J connectivity index is 1.89. The molecule has 2 amide bonds. The molecule has 11 heteroatoms. The number of carbonyl (C=O) groups is 2. The van der Waals surface area contributed by atoms with Crippen LogP contribution in [0.15, 0.2) is 53.2 Å². The minimum atomic E-state index is -1.76. The molecule has 0 radical (unpaired) electrons. The van der Waals surface area contributed by atoms with Gasteiger partial charge in [-0.15, -0.1) is 0 Å². The minimum Gasteiger partial charge on any atom is -0.465 e. The number of likely N-dealkylation sites (tertiary alicyclic amines) is 1. The number of hydrogen-bond acceptors (Lipinski definition) is 5. The molecule has 4 atom stereocenters. The van der Waals surface area contributed by atoms with Crippen molar-refractivity contribution in [3.05, 3.63) is 76.0 Å². The lowest BCUT2D eigenvalue weighted by molar-refractivity contribution is -0.131. The number of piperidine rings is 1. The van der Waals surface area contributed by atoms with Gasteiger partial charge in [-0.3, -0.25) is 4.79 Å². The Morgan fingerprint density at radius 2 is 1.88 bits per heavy atom. The second-order valence-corrected chi connectivity index (χ2v) is 12.3. The van der Waals surface area contributed by atoms with Crippen LogP contribution in [0.2, 0.25) is 0 Å². The summed E-state index contributed by atoms with van der Waals surface area (Å²) in [5, 5.41) is 27.1. The van der Waals surface area contributed by atoms with Gasteiger partial charge in [0.2, 0.25) is 5.91 Å². The van der Waals surface area contributed by atoms with Gasteiger partial charge in [-0.1, -0.05) is 45.0 Å². The summed E-state index contributed by atoms with van der Waals surface area (Å²) in [5.74, 6) is -3.19. The van der Waals surface area contributed by atoms with E-state index in [2.05, 4.69) is 21.2 Å². The highest BCUT2D eigenvalue weighted by atomic mass is 79.9. The predicted molar refractivity (Wildman–Crippen MR) is 150 cm³/mol. The second kappa shape index (κ2) is 11.4. The first-order valence-electron chi connectivity index (χ1n) is 13.1. The predicted octanol–water partition coefficient (Wildman–Crippen LogP) is 5.30. The van der Waals surface area contributed by atoms with Crippen LogP contribution in [0.3, 0.4) is 0 Å². The molecule has 0 spiro atoms. The largest absolute Gasteiger partial charge is 0.465 e. The number of benzene rings is 2. The number of hydroxylamine groups is 1. The number of amides is 2. The van der Waals surface area contributed by atoms with Gasteiger partial charge in [-0.05, 0) is 63.5 Å². The van der Waals surface area contributed by atoms with Gasteiger partial charge in [0.25, 0.3) is 0 Å². The van der Waals surface area contributed by atoms with E-state index in [0.717, 1.165) is 17.7 Å². The molecule has 2 heterocycles. The summed E-state index contributed by atoms with van der Waals surface area (Å²) in [6, 6.07) is 9.23. The molecule has 0 saturated carbocycles. The van der Waals surface area contributed by atoms with Crippen LogP contribution < -0.4 is 10.4 Å². The van der Waals surface area contributed by atoms with E-state index in [1.807, 2.05) is 45.0 Å². The number of nitrogens with one attached hydrogen (secondary N) is 1. The zero-order chi connectivity index (χ0) is 29.4. The fourth-order valence-corrected chi connectivity index (χ4v) is 6.55. The summed E-state index contributed by atoms with van der Waals surface area (Å²) in [4.78, 5) is 31.3. The monoisotopic (exact) mass is 621 g/mol. The molecule has 1 fully saturated rings. The number of carboxylic acid groups (broad SMARTS) is 1. The molecule has 2 aliphatic heterocycles. The lowest BCUT2D eigenvalue weighted by Crippen LogP contribution is -2.66. The molecule has 0 aromatic heterocycles. The standard InChI is InChI=1S/C29H34BrF2N3O5/c1-17(36)33-13-11-18-7-5-6-8-23(18)35-25(20(30)16-40-35)24-26(28(2,3)4)34(27(37)38)14-12-29(24,39)19-9-10-21(31)22(32)15-19/h5-10,15-16,24-26,39H,11-14H2,1-4H3,(H,33,36)(H,37,38)/t24-,25?,26?,29-/m0/s1. The third kappa shape index (κ3) is 5.67. The molecule has 40 heavy (non-hydrogen) atoms. The number of halogens is 3. The number of hydrogen-bond donors (Lipinski definition) is 3. The van der Waals surface area contributed by atoms with Crippen LogP contribution >= 0.6 is 15.9 Å². The normalized spacial score (nSPS) is 24.9. The van der Waals surface area contributed by atoms with Gasteiger partial charge in [0.15, 0.2) is 11.6 Å². The number of carbonyl (C=O) groups excluding carboxylic acids is 1. The summed E-state index contributed by atoms with van der Waals surface area (Å²) >= 11 is 3.60. The Morgan fingerprint density at radius 1 is 1.18 bits per heavy atom. The summed E-state index contributed by atoms with van der Waals surface area (Å²) < 4.78 is 29.0. The van der Waals surface area contributed by atoms with Crippen LogP contribution in [0, 0.1) is 23.0 Å². The van der Waals surface area contributed by atoms with Crippen LogP contribution in [-0.4, -0.2) is 52.3 Å². The topological polar surface area (TPSA) is 102 Å². The highest BCUT2D eigenvalue weighted by Gasteiger charge is 2.59. The van der Waals surface area contributed by atoms with Gasteiger partial charge < -0.3 is 25.3 Å². The van der Waals surface area contributed by atoms with E-state index in [0.29, 0.717) is 23.1 Å². The lowest BCUT2D eigenvalue weighted by Gasteiger charge is -2.56. The van der Waals surface area contributed by atoms with Crippen LogP contribution in [0.5, 0.6) is 0 Å². The van der Waals surface area contributed by atoms with Crippen molar-refractivity contribution in [1.29, 1.82) is 0 Å². The summed E-state index contributed by atoms with van der Waals surface area (Å²) in [6.45, 7) is 7.48. The third-order valence-corrected chi connectivity index (χ3v) is 8.32. The fraction of sp³-hybridized carbons (Fsp3) is 0.448. The van der Waals surface area contributed by atoms with Crippen molar-refractivity contribution in [2.24, 2.45) is 11.3 Å². The molecular weight excluding hydrogens is 588 g/mol. The minimum absolute atomic E-state index is 0.00845.